The highest BCUT2D eigenvalue weighted by Gasteiger charge is 2.26. The molecule has 48 heavy (non-hydrogen) atoms. The van der Waals surface area contributed by atoms with Crippen molar-refractivity contribution in [3.63, 3.8) is 0 Å². The Hall–Kier alpha value is -4.94. The number of carbonyl (C=O) groups is 4. The second-order valence-corrected chi connectivity index (χ2v) is 12.1. The Morgan fingerprint density at radius 3 is 2.65 bits per heavy atom. The van der Waals surface area contributed by atoms with E-state index in [2.05, 4.69) is 20.9 Å². The first-order valence-electron chi connectivity index (χ1n) is 16.8. The summed E-state index contributed by atoms with van der Waals surface area (Å²) in [5.41, 5.74) is 1.87. The van der Waals surface area contributed by atoms with Crippen LogP contribution in [0.4, 0.5) is 0 Å². The Bertz CT molecular complexity index is 1550. The van der Waals surface area contributed by atoms with Gasteiger partial charge in [0.15, 0.2) is 11.5 Å². The number of amides is 4. The van der Waals surface area contributed by atoms with E-state index in [1.807, 2.05) is 36.5 Å². The van der Waals surface area contributed by atoms with E-state index in [1.165, 1.54) is 7.11 Å². The van der Waals surface area contributed by atoms with Crippen LogP contribution < -0.4 is 20.1 Å². The summed E-state index contributed by atoms with van der Waals surface area (Å²) in [4.78, 5) is 56.9. The normalized spacial score (nSPS) is 18.6. The van der Waals surface area contributed by atoms with Gasteiger partial charge in [-0.15, -0.1) is 5.10 Å². The van der Waals surface area contributed by atoms with E-state index in [-0.39, 0.29) is 55.8 Å². The van der Waals surface area contributed by atoms with Crippen molar-refractivity contribution in [2.24, 2.45) is 0 Å². The fourth-order valence-electron chi connectivity index (χ4n) is 5.97. The van der Waals surface area contributed by atoms with Crippen LogP contribution >= 0.6 is 0 Å². The second-order valence-electron chi connectivity index (χ2n) is 12.1. The fourth-order valence-corrected chi connectivity index (χ4v) is 5.97. The molecule has 0 aliphatic carbocycles. The first kappa shape index (κ1) is 34.4. The maximum atomic E-state index is 13.7. The molecule has 1 atom stereocenters. The zero-order valence-corrected chi connectivity index (χ0v) is 27.6. The molecule has 2 aromatic carbocycles. The van der Waals surface area contributed by atoms with Crippen LogP contribution in [0.15, 0.2) is 54.7 Å². The number of aromatic nitrogens is 3. The molecule has 2 aliphatic heterocycles. The number of hydrogen-bond acceptors (Lipinski definition) is 8. The second kappa shape index (κ2) is 17.3. The summed E-state index contributed by atoms with van der Waals surface area (Å²) >= 11 is 0. The number of nitrogens with one attached hydrogen (secondary N) is 2. The van der Waals surface area contributed by atoms with Gasteiger partial charge in [-0.2, -0.15) is 0 Å². The van der Waals surface area contributed by atoms with Gasteiger partial charge < -0.3 is 29.9 Å². The van der Waals surface area contributed by atoms with Gasteiger partial charge in [0.05, 0.1) is 25.0 Å². The van der Waals surface area contributed by atoms with E-state index in [0.29, 0.717) is 56.9 Å². The van der Waals surface area contributed by atoms with Crippen LogP contribution in [0.2, 0.25) is 0 Å². The summed E-state index contributed by atoms with van der Waals surface area (Å²) in [5.74, 6) is -0.149. The van der Waals surface area contributed by atoms with Gasteiger partial charge in [0.25, 0.3) is 5.91 Å². The van der Waals surface area contributed by atoms with Gasteiger partial charge in [0, 0.05) is 77.6 Å². The number of benzene rings is 2. The van der Waals surface area contributed by atoms with E-state index >= 15 is 0 Å². The molecule has 13 heteroatoms. The quantitative estimate of drug-likeness (QED) is 0.410. The van der Waals surface area contributed by atoms with Gasteiger partial charge in [-0.3, -0.25) is 23.9 Å². The summed E-state index contributed by atoms with van der Waals surface area (Å²) in [7, 11) is 1.51. The Morgan fingerprint density at radius 2 is 1.81 bits per heavy atom. The SMILES string of the molecule is COc1cccc2c1OCCCn1cc(nn1)CCN(C(=O)CCN1CCCCCC1=O)CCNC(=O)[C@H](Cc1ccccc1)NC2=O. The summed E-state index contributed by atoms with van der Waals surface area (Å²) in [5, 5.41) is 14.4. The van der Waals surface area contributed by atoms with E-state index in [0.717, 1.165) is 30.5 Å². The predicted molar refractivity (Wildman–Crippen MR) is 177 cm³/mol. The molecule has 4 amide bonds. The van der Waals surface area contributed by atoms with Crippen molar-refractivity contribution >= 4 is 23.6 Å². The number of carbonyl (C=O) groups excluding carboxylic acids is 4. The molecule has 13 nitrogen and oxygen atoms in total. The number of likely N-dealkylation sites (tertiary alicyclic amines) is 1. The van der Waals surface area contributed by atoms with Crippen LogP contribution in [0.3, 0.4) is 0 Å². The van der Waals surface area contributed by atoms with E-state index in [1.54, 1.807) is 32.7 Å². The molecule has 3 heterocycles. The molecule has 2 N–H and O–H groups in total. The van der Waals surface area contributed by atoms with Gasteiger partial charge in [-0.1, -0.05) is 48.0 Å². The van der Waals surface area contributed by atoms with Crippen molar-refractivity contribution in [2.45, 2.75) is 64.0 Å². The highest BCUT2D eigenvalue weighted by atomic mass is 16.5. The fraction of sp³-hybridized carbons (Fsp3) is 0.486. The minimum absolute atomic E-state index is 0.0951. The van der Waals surface area contributed by atoms with Crippen LogP contribution in [-0.4, -0.2) is 101 Å². The first-order valence-corrected chi connectivity index (χ1v) is 16.8. The van der Waals surface area contributed by atoms with Crippen LogP contribution in [0.25, 0.3) is 0 Å². The van der Waals surface area contributed by atoms with Gasteiger partial charge in [0.1, 0.15) is 6.04 Å². The Labute approximate surface area is 280 Å². The minimum Gasteiger partial charge on any atom is -0.493 e. The van der Waals surface area contributed by atoms with Crippen molar-refractivity contribution in [3.8, 4) is 11.5 Å². The maximum Gasteiger partial charge on any atom is 0.255 e. The third-order valence-corrected chi connectivity index (χ3v) is 8.65. The van der Waals surface area contributed by atoms with Crippen molar-refractivity contribution in [1.82, 2.24) is 35.4 Å². The molecule has 3 aromatic rings. The van der Waals surface area contributed by atoms with Gasteiger partial charge >= 0.3 is 0 Å². The molecule has 256 valence electrons. The average molecular weight is 660 g/mol. The molecule has 5 rings (SSSR count). The summed E-state index contributed by atoms with van der Waals surface area (Å²) in [6.45, 7) is 2.67. The molecule has 0 spiro atoms. The Kier molecular flexibility index (Phi) is 12.4. The van der Waals surface area contributed by atoms with Gasteiger partial charge in [-0.25, -0.2) is 0 Å². The lowest BCUT2D eigenvalue weighted by atomic mass is 10.0. The lowest BCUT2D eigenvalue weighted by Gasteiger charge is -2.26. The van der Waals surface area contributed by atoms with Crippen LogP contribution in [0.1, 0.15) is 60.1 Å². The minimum atomic E-state index is -0.895. The highest BCUT2D eigenvalue weighted by molar-refractivity contribution is 6.00. The number of rotatable bonds is 6. The molecule has 1 saturated heterocycles. The average Bonchev–Trinajstić information content (AvgIpc) is 3.45. The monoisotopic (exact) mass is 659 g/mol. The number of nitrogens with zero attached hydrogens (tertiary/aromatic N) is 5. The lowest BCUT2D eigenvalue weighted by molar-refractivity contribution is -0.134. The number of ether oxygens (including phenoxy) is 2. The van der Waals surface area contributed by atoms with E-state index < -0.39 is 11.9 Å². The largest absolute Gasteiger partial charge is 0.493 e. The first-order chi connectivity index (χ1) is 23.4. The number of hydrogen-bond donors (Lipinski definition) is 2. The molecular weight excluding hydrogens is 614 g/mol. The molecule has 0 unspecified atom stereocenters. The van der Waals surface area contributed by atoms with Gasteiger partial charge in [0.2, 0.25) is 17.7 Å². The van der Waals surface area contributed by atoms with Crippen LogP contribution in [0.5, 0.6) is 11.5 Å². The van der Waals surface area contributed by atoms with Crippen LogP contribution in [-0.2, 0) is 33.8 Å². The number of aryl methyl sites for hydroxylation is 1. The number of para-hydroxylation sites is 1. The topological polar surface area (TPSA) is 148 Å². The summed E-state index contributed by atoms with van der Waals surface area (Å²) in [6.07, 6.45) is 6.74. The number of fused-ring (bicyclic) bond motifs is 3. The Morgan fingerprint density at radius 1 is 0.958 bits per heavy atom. The molecular formula is C35H45N7O6. The lowest BCUT2D eigenvalue weighted by Crippen LogP contribution is -2.50. The van der Waals surface area contributed by atoms with Crippen molar-refractivity contribution in [2.75, 3.05) is 46.4 Å². The van der Waals surface area contributed by atoms with Crippen molar-refractivity contribution < 1.29 is 28.7 Å². The predicted octanol–water partition coefficient (Wildman–Crippen LogP) is 2.39. The third-order valence-electron chi connectivity index (χ3n) is 8.65. The summed E-state index contributed by atoms with van der Waals surface area (Å²) < 4.78 is 13.3. The zero-order chi connectivity index (χ0) is 33.7. The molecule has 1 aromatic heterocycles. The molecule has 1 fully saturated rings. The molecule has 0 radical (unpaired) electrons. The van der Waals surface area contributed by atoms with Crippen molar-refractivity contribution in [3.05, 3.63) is 71.5 Å². The van der Waals surface area contributed by atoms with Gasteiger partial charge in [-0.05, 0) is 30.5 Å². The standard InChI is InChI=1S/C35H45N7O6/c1-47-30-13-8-12-28-33(30)48-23-9-19-42-25-27(38-39-42)15-20-41(32(44)16-21-40-18-7-3-6-14-31(40)43)22-17-36-35(46)29(37-34(28)45)24-26-10-4-2-5-11-26/h2,4-5,8,10-13,25,29H,3,6-7,9,14-24H2,1H3,(H,36,46)(H,37,45)/t29-/m0/s1. The summed E-state index contributed by atoms with van der Waals surface area (Å²) in [6, 6.07) is 13.6. The van der Waals surface area contributed by atoms with Crippen LogP contribution in [0, 0.1) is 0 Å². The zero-order valence-electron chi connectivity index (χ0n) is 27.6. The molecule has 2 bridgehead atoms. The van der Waals surface area contributed by atoms with E-state index in [4.69, 9.17) is 9.47 Å². The number of methoxy groups -OCH3 is 1. The van der Waals surface area contributed by atoms with E-state index in [9.17, 15) is 19.2 Å². The Balaban J connectivity index is 1.35. The smallest absolute Gasteiger partial charge is 0.255 e. The maximum absolute atomic E-state index is 13.7. The highest BCUT2D eigenvalue weighted by Crippen LogP contribution is 2.31. The molecule has 2 aliphatic rings. The molecule has 0 saturated carbocycles. The third kappa shape index (κ3) is 9.55. The van der Waals surface area contributed by atoms with Crippen molar-refractivity contribution in [1.29, 1.82) is 0 Å².